The zero-order chi connectivity index (χ0) is 17.3. The molecule has 0 aromatic heterocycles. The van der Waals surface area contributed by atoms with Crippen LogP contribution in [0.5, 0.6) is 0 Å². The molecule has 30 heavy (non-hydrogen) atoms. The average molecular weight is 488 g/mol. The van der Waals surface area contributed by atoms with Crippen molar-refractivity contribution in [3.05, 3.63) is 109 Å². The molecule has 0 heterocycles. The largest absolute Gasteiger partial charge is 1.00 e. The maximum absolute atomic E-state index is 2.24. The SMILES string of the molecule is [Cl-].[Cl-].[Cl-].[V].c1ccc2c(c1)[cH-]c1ccccc12.c1ccc2c(c1)[cH-]c1ccccc12. The first kappa shape index (κ1) is 26.1. The van der Waals surface area contributed by atoms with Crippen LogP contribution in [0.15, 0.2) is 109 Å². The number of benzene rings is 4. The monoisotopic (exact) mass is 486 g/mol. The maximum atomic E-state index is 2.24. The topological polar surface area (TPSA) is 0 Å². The Balaban J connectivity index is 0.000000265. The Morgan fingerprint density at radius 1 is 0.333 bits per heavy atom. The van der Waals surface area contributed by atoms with Crippen molar-refractivity contribution in [1.82, 2.24) is 0 Å². The molecule has 0 amide bonds. The molecule has 6 aromatic rings. The van der Waals surface area contributed by atoms with Gasteiger partial charge in [-0.05, 0) is 0 Å². The Labute approximate surface area is 207 Å². The van der Waals surface area contributed by atoms with Crippen LogP contribution in [-0.2, 0) is 18.6 Å². The molecule has 0 nitrogen and oxygen atoms in total. The third kappa shape index (κ3) is 4.86. The summed E-state index contributed by atoms with van der Waals surface area (Å²) in [4.78, 5) is 0. The van der Waals surface area contributed by atoms with Gasteiger partial charge in [-0.25, -0.2) is 0 Å². The van der Waals surface area contributed by atoms with Gasteiger partial charge >= 0.3 is 0 Å². The van der Waals surface area contributed by atoms with Crippen LogP contribution in [-0.4, -0.2) is 0 Å². The minimum Gasteiger partial charge on any atom is -1.00 e. The van der Waals surface area contributed by atoms with Gasteiger partial charge in [0.1, 0.15) is 0 Å². The molecular formula is C26H18Cl3V-5. The van der Waals surface area contributed by atoms with Crippen LogP contribution < -0.4 is 37.2 Å². The van der Waals surface area contributed by atoms with Crippen molar-refractivity contribution in [3.63, 3.8) is 0 Å². The Hall–Kier alpha value is -1.93. The van der Waals surface area contributed by atoms with Crippen molar-refractivity contribution in [3.8, 4) is 0 Å². The summed E-state index contributed by atoms with van der Waals surface area (Å²) in [6.07, 6.45) is 0. The summed E-state index contributed by atoms with van der Waals surface area (Å²) in [5.41, 5.74) is 0. The third-order valence-corrected chi connectivity index (χ3v) is 5.05. The fourth-order valence-corrected chi connectivity index (χ4v) is 3.81. The van der Waals surface area contributed by atoms with E-state index in [1.54, 1.807) is 0 Å². The number of hydrogen-bond acceptors (Lipinski definition) is 0. The molecule has 6 rings (SSSR count). The molecule has 0 saturated carbocycles. The van der Waals surface area contributed by atoms with E-state index in [0.717, 1.165) is 0 Å². The molecule has 6 aromatic carbocycles. The molecule has 0 aliphatic heterocycles. The maximum Gasteiger partial charge on any atom is 0 e. The van der Waals surface area contributed by atoms with E-state index in [-0.39, 0.29) is 55.8 Å². The Morgan fingerprint density at radius 3 is 0.767 bits per heavy atom. The Kier molecular flexibility index (Phi) is 9.98. The van der Waals surface area contributed by atoms with Crippen LogP contribution in [0.1, 0.15) is 0 Å². The van der Waals surface area contributed by atoms with Crippen molar-refractivity contribution in [2.24, 2.45) is 0 Å². The molecule has 1 radical (unpaired) electrons. The second-order valence-corrected chi connectivity index (χ2v) is 6.64. The van der Waals surface area contributed by atoms with Crippen LogP contribution in [0.25, 0.3) is 43.1 Å². The zero-order valence-corrected chi connectivity index (χ0v) is 19.6. The summed E-state index contributed by atoms with van der Waals surface area (Å²) in [5, 5.41) is 10.8. The molecule has 153 valence electrons. The van der Waals surface area contributed by atoms with E-state index >= 15 is 0 Å². The average Bonchev–Trinajstić information content (AvgIpc) is 3.27. The van der Waals surface area contributed by atoms with Crippen LogP contribution in [0.2, 0.25) is 0 Å². The summed E-state index contributed by atoms with van der Waals surface area (Å²) in [7, 11) is 0. The fourth-order valence-electron chi connectivity index (χ4n) is 3.81. The number of fused-ring (bicyclic) bond motifs is 6. The van der Waals surface area contributed by atoms with Gasteiger partial charge in [0.2, 0.25) is 0 Å². The first-order chi connectivity index (χ1) is 12.9. The molecule has 0 bridgehead atoms. The van der Waals surface area contributed by atoms with Gasteiger partial charge in [-0.1, -0.05) is 72.8 Å². The van der Waals surface area contributed by atoms with Gasteiger partial charge in [0.15, 0.2) is 0 Å². The van der Waals surface area contributed by atoms with E-state index in [0.29, 0.717) is 0 Å². The molecular weight excluding hydrogens is 470 g/mol. The van der Waals surface area contributed by atoms with Gasteiger partial charge in [0.25, 0.3) is 0 Å². The number of hydrogen-bond donors (Lipinski definition) is 0. The minimum atomic E-state index is 0. The van der Waals surface area contributed by atoms with E-state index in [1.807, 2.05) is 0 Å². The summed E-state index contributed by atoms with van der Waals surface area (Å²) < 4.78 is 0. The first-order valence-corrected chi connectivity index (χ1v) is 8.96. The summed E-state index contributed by atoms with van der Waals surface area (Å²) in [6.45, 7) is 0. The summed E-state index contributed by atoms with van der Waals surface area (Å²) in [5.74, 6) is 0. The van der Waals surface area contributed by atoms with Gasteiger partial charge < -0.3 is 37.2 Å². The van der Waals surface area contributed by atoms with Gasteiger partial charge in [-0.2, -0.15) is 0 Å². The third-order valence-electron chi connectivity index (χ3n) is 5.05. The van der Waals surface area contributed by atoms with Crippen LogP contribution in [0.4, 0.5) is 0 Å². The van der Waals surface area contributed by atoms with Crippen molar-refractivity contribution in [2.45, 2.75) is 0 Å². The smallest absolute Gasteiger partial charge is 0 e. The molecule has 0 unspecified atom stereocenters. The molecule has 0 aliphatic carbocycles. The molecule has 0 N–H and O–H groups in total. The standard InChI is InChI=1S/2C13H9.3ClH.V/c2*1-3-7-12-10(5-1)9-11-6-2-4-8-13(11)12;;;;/h2*1-9H;3*1H;/q2*-1;;;;/p-3. The number of rotatable bonds is 0. The first-order valence-electron chi connectivity index (χ1n) is 8.96. The molecule has 0 saturated heterocycles. The van der Waals surface area contributed by atoms with E-state index in [1.165, 1.54) is 43.1 Å². The Morgan fingerprint density at radius 2 is 0.533 bits per heavy atom. The van der Waals surface area contributed by atoms with E-state index in [2.05, 4.69) is 109 Å². The van der Waals surface area contributed by atoms with E-state index < -0.39 is 0 Å². The van der Waals surface area contributed by atoms with Crippen molar-refractivity contribution in [2.75, 3.05) is 0 Å². The van der Waals surface area contributed by atoms with E-state index in [4.69, 9.17) is 0 Å². The molecule has 0 fully saturated rings. The minimum absolute atomic E-state index is 0. The van der Waals surface area contributed by atoms with Crippen LogP contribution in [0, 0.1) is 0 Å². The van der Waals surface area contributed by atoms with Gasteiger partial charge in [-0.3, -0.25) is 0 Å². The van der Waals surface area contributed by atoms with Crippen LogP contribution in [0.3, 0.4) is 0 Å². The van der Waals surface area contributed by atoms with E-state index in [9.17, 15) is 0 Å². The summed E-state index contributed by atoms with van der Waals surface area (Å²) >= 11 is 0. The van der Waals surface area contributed by atoms with Crippen LogP contribution >= 0.6 is 0 Å². The predicted octanol–water partition coefficient (Wildman–Crippen LogP) is -1.57. The zero-order valence-electron chi connectivity index (χ0n) is 16.0. The molecule has 0 atom stereocenters. The molecule has 0 aliphatic rings. The number of halogens is 3. The van der Waals surface area contributed by atoms with Crippen molar-refractivity contribution < 1.29 is 55.8 Å². The quantitative estimate of drug-likeness (QED) is 0.227. The second-order valence-electron chi connectivity index (χ2n) is 6.64. The normalized spacial score (nSPS) is 9.60. The fraction of sp³-hybridized carbons (Fsp3) is 0. The van der Waals surface area contributed by atoms with Gasteiger partial charge in [-0.15, -0.1) is 79.5 Å². The van der Waals surface area contributed by atoms with Crippen molar-refractivity contribution >= 4 is 43.1 Å². The van der Waals surface area contributed by atoms with Gasteiger partial charge in [0.05, 0.1) is 0 Å². The van der Waals surface area contributed by atoms with Gasteiger partial charge in [0, 0.05) is 18.6 Å². The Bertz CT molecular complexity index is 1140. The molecule has 0 spiro atoms. The predicted molar refractivity (Wildman–Crippen MR) is 114 cm³/mol. The van der Waals surface area contributed by atoms with Crippen molar-refractivity contribution in [1.29, 1.82) is 0 Å². The molecule has 4 heteroatoms. The second kappa shape index (κ2) is 11.5. The summed E-state index contributed by atoms with van der Waals surface area (Å²) in [6, 6.07) is 38.5.